The summed E-state index contributed by atoms with van der Waals surface area (Å²) in [5, 5.41) is 5.82. The van der Waals surface area contributed by atoms with Crippen molar-refractivity contribution >= 4 is 11.8 Å². The molecule has 0 aliphatic rings. The van der Waals surface area contributed by atoms with Gasteiger partial charge in [0.2, 0.25) is 11.8 Å². The molecule has 0 saturated carbocycles. The Labute approximate surface area is 135 Å². The molecule has 0 atom stereocenters. The van der Waals surface area contributed by atoms with E-state index in [1.807, 2.05) is 12.2 Å². The average molecular weight is 308 g/mol. The Hall–Kier alpha value is -1.58. The Morgan fingerprint density at radius 3 is 1.45 bits per heavy atom. The van der Waals surface area contributed by atoms with E-state index in [0.717, 1.165) is 51.4 Å². The Balaban J connectivity index is 3.31. The van der Waals surface area contributed by atoms with Crippen LogP contribution in [0.4, 0.5) is 0 Å². The fraction of sp³-hybridized carbons (Fsp3) is 0.667. The van der Waals surface area contributed by atoms with E-state index in [2.05, 4.69) is 23.8 Å². The van der Waals surface area contributed by atoms with Crippen molar-refractivity contribution in [2.75, 3.05) is 13.1 Å². The van der Waals surface area contributed by atoms with Crippen LogP contribution in [0.5, 0.6) is 0 Å². The monoisotopic (exact) mass is 308 g/mol. The van der Waals surface area contributed by atoms with Crippen LogP contribution in [0.3, 0.4) is 0 Å². The van der Waals surface area contributed by atoms with E-state index in [1.165, 1.54) is 0 Å². The van der Waals surface area contributed by atoms with Gasteiger partial charge < -0.3 is 10.6 Å². The van der Waals surface area contributed by atoms with E-state index in [4.69, 9.17) is 0 Å². The normalized spacial score (nSPS) is 10.0. The molecule has 0 aromatic rings. The summed E-state index contributed by atoms with van der Waals surface area (Å²) in [6, 6.07) is 0. The van der Waals surface area contributed by atoms with E-state index in [-0.39, 0.29) is 11.8 Å². The van der Waals surface area contributed by atoms with Crippen molar-refractivity contribution < 1.29 is 9.59 Å². The van der Waals surface area contributed by atoms with Crippen molar-refractivity contribution in [3.05, 3.63) is 25.3 Å². The van der Waals surface area contributed by atoms with Crippen LogP contribution in [-0.4, -0.2) is 24.9 Å². The molecule has 0 unspecified atom stereocenters. The highest BCUT2D eigenvalue weighted by atomic mass is 16.2. The van der Waals surface area contributed by atoms with Crippen molar-refractivity contribution in [2.24, 2.45) is 0 Å². The summed E-state index contributed by atoms with van der Waals surface area (Å²) in [7, 11) is 0. The topological polar surface area (TPSA) is 58.2 Å². The van der Waals surface area contributed by atoms with Crippen molar-refractivity contribution in [3.63, 3.8) is 0 Å². The lowest BCUT2D eigenvalue weighted by Crippen LogP contribution is -2.27. The van der Waals surface area contributed by atoms with Gasteiger partial charge in [-0.2, -0.15) is 0 Å². The van der Waals surface area contributed by atoms with Gasteiger partial charge in [-0.25, -0.2) is 0 Å². The summed E-state index contributed by atoms with van der Waals surface area (Å²) in [6.45, 7) is 8.70. The minimum Gasteiger partial charge on any atom is -0.356 e. The minimum absolute atomic E-state index is 0.121. The third-order valence-corrected chi connectivity index (χ3v) is 3.37. The molecule has 0 fully saturated rings. The minimum atomic E-state index is 0.121. The van der Waals surface area contributed by atoms with Crippen LogP contribution in [-0.2, 0) is 9.59 Å². The number of hydrogen-bond acceptors (Lipinski definition) is 2. The van der Waals surface area contributed by atoms with Crippen LogP contribution in [0.1, 0.15) is 64.2 Å². The molecule has 0 aliphatic heterocycles. The van der Waals surface area contributed by atoms with Crippen molar-refractivity contribution in [2.45, 2.75) is 64.2 Å². The molecular weight excluding hydrogens is 276 g/mol. The molecule has 2 N–H and O–H groups in total. The highest BCUT2D eigenvalue weighted by molar-refractivity contribution is 5.76. The number of rotatable bonds is 15. The molecular formula is C18H32N2O2. The van der Waals surface area contributed by atoms with Gasteiger partial charge >= 0.3 is 0 Å². The third-order valence-electron chi connectivity index (χ3n) is 3.37. The highest BCUT2D eigenvalue weighted by Gasteiger charge is 2.01. The molecule has 0 aromatic carbocycles. The highest BCUT2D eigenvalue weighted by Crippen LogP contribution is 2.01. The molecule has 0 radical (unpaired) electrons. The first kappa shape index (κ1) is 20.4. The predicted molar refractivity (Wildman–Crippen MR) is 92.6 cm³/mol. The summed E-state index contributed by atoms with van der Waals surface area (Å²) >= 11 is 0. The molecule has 22 heavy (non-hydrogen) atoms. The molecule has 0 bridgehead atoms. The van der Waals surface area contributed by atoms with Crippen molar-refractivity contribution in [1.82, 2.24) is 10.6 Å². The second-order valence-corrected chi connectivity index (χ2v) is 5.48. The SMILES string of the molecule is C=CCCCCC(=O)NCCCCNC(=O)CCCCC=C. The third kappa shape index (κ3) is 14.8. The van der Waals surface area contributed by atoms with E-state index >= 15 is 0 Å². The number of nitrogens with one attached hydrogen (secondary N) is 2. The number of carbonyl (C=O) groups excluding carboxylic acids is 2. The largest absolute Gasteiger partial charge is 0.356 e. The zero-order chi connectivity index (χ0) is 16.5. The summed E-state index contributed by atoms with van der Waals surface area (Å²) < 4.78 is 0. The lowest BCUT2D eigenvalue weighted by Gasteiger charge is -2.06. The quantitative estimate of drug-likeness (QED) is 0.359. The Kier molecular flexibility index (Phi) is 14.7. The second kappa shape index (κ2) is 15.8. The number of allylic oxidation sites excluding steroid dienone is 2. The summed E-state index contributed by atoms with van der Waals surface area (Å²) in [6.07, 6.45) is 12.6. The summed E-state index contributed by atoms with van der Waals surface area (Å²) in [5.74, 6) is 0.241. The van der Waals surface area contributed by atoms with Gasteiger partial charge in [-0.05, 0) is 51.4 Å². The second-order valence-electron chi connectivity index (χ2n) is 5.48. The van der Waals surface area contributed by atoms with Gasteiger partial charge in [0.25, 0.3) is 0 Å². The Bertz CT molecular complexity index is 295. The zero-order valence-corrected chi connectivity index (χ0v) is 13.9. The van der Waals surface area contributed by atoms with Gasteiger partial charge in [0, 0.05) is 25.9 Å². The molecule has 0 saturated heterocycles. The fourth-order valence-corrected chi connectivity index (χ4v) is 2.03. The van der Waals surface area contributed by atoms with Crippen LogP contribution in [0.25, 0.3) is 0 Å². The first-order valence-corrected chi connectivity index (χ1v) is 8.46. The predicted octanol–water partition coefficient (Wildman–Crippen LogP) is 3.49. The zero-order valence-electron chi connectivity index (χ0n) is 13.9. The van der Waals surface area contributed by atoms with Crippen LogP contribution >= 0.6 is 0 Å². The van der Waals surface area contributed by atoms with Crippen molar-refractivity contribution in [1.29, 1.82) is 0 Å². The van der Waals surface area contributed by atoms with E-state index in [0.29, 0.717) is 25.9 Å². The lowest BCUT2D eigenvalue weighted by atomic mass is 10.2. The van der Waals surface area contributed by atoms with E-state index < -0.39 is 0 Å². The van der Waals surface area contributed by atoms with Gasteiger partial charge in [0.15, 0.2) is 0 Å². The molecule has 126 valence electrons. The number of unbranched alkanes of at least 4 members (excludes halogenated alkanes) is 5. The smallest absolute Gasteiger partial charge is 0.219 e. The molecule has 0 rings (SSSR count). The average Bonchev–Trinajstić information content (AvgIpc) is 2.51. The van der Waals surface area contributed by atoms with Gasteiger partial charge in [0.1, 0.15) is 0 Å². The van der Waals surface area contributed by atoms with Gasteiger partial charge in [-0.15, -0.1) is 13.2 Å². The maximum Gasteiger partial charge on any atom is 0.219 e. The molecule has 2 amide bonds. The van der Waals surface area contributed by atoms with Crippen LogP contribution in [0.15, 0.2) is 25.3 Å². The molecule has 4 nitrogen and oxygen atoms in total. The maximum atomic E-state index is 11.5. The van der Waals surface area contributed by atoms with E-state index in [1.54, 1.807) is 0 Å². The van der Waals surface area contributed by atoms with E-state index in [9.17, 15) is 9.59 Å². The number of hydrogen-bond donors (Lipinski definition) is 2. The molecule has 0 heterocycles. The van der Waals surface area contributed by atoms with Gasteiger partial charge in [0.05, 0.1) is 0 Å². The number of amides is 2. The van der Waals surface area contributed by atoms with Crippen LogP contribution < -0.4 is 10.6 Å². The van der Waals surface area contributed by atoms with Gasteiger partial charge in [-0.1, -0.05) is 12.2 Å². The Morgan fingerprint density at radius 1 is 0.682 bits per heavy atom. The van der Waals surface area contributed by atoms with Gasteiger partial charge in [-0.3, -0.25) is 9.59 Å². The Morgan fingerprint density at radius 2 is 1.09 bits per heavy atom. The fourth-order valence-electron chi connectivity index (χ4n) is 2.03. The molecule has 0 spiro atoms. The molecule has 4 heteroatoms. The lowest BCUT2D eigenvalue weighted by molar-refractivity contribution is -0.122. The molecule has 0 aliphatic carbocycles. The van der Waals surface area contributed by atoms with Crippen molar-refractivity contribution in [3.8, 4) is 0 Å². The van der Waals surface area contributed by atoms with Crippen LogP contribution in [0, 0.1) is 0 Å². The summed E-state index contributed by atoms with van der Waals surface area (Å²) in [4.78, 5) is 23.0. The van der Waals surface area contributed by atoms with Crippen LogP contribution in [0.2, 0.25) is 0 Å². The maximum absolute atomic E-state index is 11.5. The standard InChI is InChI=1S/C18H32N2O2/c1-3-5-7-9-13-17(21)19-15-11-12-16-20-18(22)14-10-8-6-4-2/h3-4H,1-2,5-16H2,(H,19,21)(H,20,22). The molecule has 0 aromatic heterocycles. The first-order chi connectivity index (χ1) is 10.7. The number of carbonyl (C=O) groups is 2. The first-order valence-electron chi connectivity index (χ1n) is 8.46. The summed E-state index contributed by atoms with van der Waals surface area (Å²) in [5.41, 5.74) is 0.